The van der Waals surface area contributed by atoms with Gasteiger partial charge in [-0.1, -0.05) is 29.3 Å². The highest BCUT2D eigenvalue weighted by Crippen LogP contribution is 2.29. The molecule has 0 saturated carbocycles. The Balaban J connectivity index is 1.65. The summed E-state index contributed by atoms with van der Waals surface area (Å²) in [6.07, 6.45) is 6.87. The van der Waals surface area contributed by atoms with E-state index in [9.17, 15) is 4.79 Å². The summed E-state index contributed by atoms with van der Waals surface area (Å²) in [7, 11) is 0. The molecule has 166 valence electrons. The molecule has 4 rings (SSSR count). The number of amides is 1. The van der Waals surface area contributed by atoms with Crippen LogP contribution in [0.5, 0.6) is 0 Å². The molecule has 0 radical (unpaired) electrons. The summed E-state index contributed by atoms with van der Waals surface area (Å²) >= 11 is 0. The molecule has 0 spiro atoms. The van der Waals surface area contributed by atoms with Gasteiger partial charge in [-0.2, -0.15) is 0 Å². The van der Waals surface area contributed by atoms with E-state index in [-0.39, 0.29) is 0 Å². The lowest BCUT2D eigenvalue weighted by Gasteiger charge is -2.21. The SMILES string of the molecule is Cc1cc(C)cc(-c2ccc(N(C=O)Cc3cccnc3)c(NCCc3ccccn3)n2)c1. The summed E-state index contributed by atoms with van der Waals surface area (Å²) in [5, 5.41) is 3.43. The van der Waals surface area contributed by atoms with E-state index in [0.717, 1.165) is 41.0 Å². The average molecular weight is 438 g/mol. The Labute approximate surface area is 194 Å². The van der Waals surface area contributed by atoms with Crippen LogP contribution in [0.1, 0.15) is 22.4 Å². The van der Waals surface area contributed by atoms with Crippen LogP contribution in [-0.2, 0) is 17.8 Å². The number of hydrogen-bond donors (Lipinski definition) is 1. The number of nitrogens with one attached hydrogen (secondary N) is 1. The number of carbonyl (C=O) groups excluding carboxylic acids is 1. The molecule has 3 heterocycles. The molecule has 0 aliphatic carbocycles. The fourth-order valence-corrected chi connectivity index (χ4v) is 3.82. The maximum absolute atomic E-state index is 12.0. The molecule has 6 nitrogen and oxygen atoms in total. The highest BCUT2D eigenvalue weighted by molar-refractivity contribution is 5.83. The molecule has 1 amide bonds. The lowest BCUT2D eigenvalue weighted by atomic mass is 10.0. The Morgan fingerprint density at radius 3 is 2.52 bits per heavy atom. The van der Waals surface area contributed by atoms with Crippen molar-refractivity contribution in [3.63, 3.8) is 0 Å². The van der Waals surface area contributed by atoms with Gasteiger partial charge in [-0.3, -0.25) is 14.8 Å². The number of aromatic nitrogens is 3. The second-order valence-electron chi connectivity index (χ2n) is 8.03. The normalized spacial score (nSPS) is 10.6. The van der Waals surface area contributed by atoms with Crippen molar-refractivity contribution in [2.24, 2.45) is 0 Å². The largest absolute Gasteiger partial charge is 0.368 e. The number of hydrogen-bond acceptors (Lipinski definition) is 5. The van der Waals surface area contributed by atoms with Crippen molar-refractivity contribution in [2.75, 3.05) is 16.8 Å². The van der Waals surface area contributed by atoms with E-state index in [1.807, 2.05) is 42.5 Å². The van der Waals surface area contributed by atoms with Crippen LogP contribution in [-0.4, -0.2) is 27.9 Å². The number of aryl methyl sites for hydroxylation is 2. The van der Waals surface area contributed by atoms with Crippen LogP contribution in [0.4, 0.5) is 11.5 Å². The number of nitrogens with zero attached hydrogens (tertiary/aromatic N) is 4. The van der Waals surface area contributed by atoms with Crippen molar-refractivity contribution in [1.29, 1.82) is 0 Å². The molecule has 0 saturated heterocycles. The number of anilines is 2. The molecule has 0 fully saturated rings. The first-order chi connectivity index (χ1) is 16.1. The van der Waals surface area contributed by atoms with Gasteiger partial charge < -0.3 is 10.2 Å². The molecular weight excluding hydrogens is 410 g/mol. The first-order valence-corrected chi connectivity index (χ1v) is 11.0. The third-order valence-electron chi connectivity index (χ3n) is 5.30. The number of benzene rings is 1. The molecule has 0 aliphatic rings. The summed E-state index contributed by atoms with van der Waals surface area (Å²) in [4.78, 5) is 27.2. The van der Waals surface area contributed by atoms with Gasteiger partial charge in [0.15, 0.2) is 5.82 Å². The van der Waals surface area contributed by atoms with Gasteiger partial charge in [-0.05, 0) is 61.9 Å². The Bertz CT molecular complexity index is 1190. The van der Waals surface area contributed by atoms with Crippen LogP contribution < -0.4 is 10.2 Å². The van der Waals surface area contributed by atoms with Crippen molar-refractivity contribution in [3.05, 3.63) is 102 Å². The molecule has 6 heteroatoms. The maximum Gasteiger partial charge on any atom is 0.214 e. The molecule has 4 aromatic rings. The van der Waals surface area contributed by atoms with Crippen molar-refractivity contribution < 1.29 is 4.79 Å². The molecule has 0 aliphatic heterocycles. The van der Waals surface area contributed by atoms with E-state index in [0.29, 0.717) is 18.9 Å². The Morgan fingerprint density at radius 1 is 0.970 bits per heavy atom. The molecule has 3 aromatic heterocycles. The predicted octanol–water partition coefficient (Wildman–Crippen LogP) is 4.97. The van der Waals surface area contributed by atoms with E-state index in [4.69, 9.17) is 4.98 Å². The third kappa shape index (κ3) is 5.80. The molecule has 1 aromatic carbocycles. The number of carbonyl (C=O) groups is 1. The molecule has 0 bridgehead atoms. The fourth-order valence-electron chi connectivity index (χ4n) is 3.82. The van der Waals surface area contributed by atoms with Crippen molar-refractivity contribution >= 4 is 17.9 Å². The molecule has 33 heavy (non-hydrogen) atoms. The van der Waals surface area contributed by atoms with E-state index >= 15 is 0 Å². The van der Waals surface area contributed by atoms with Crippen LogP contribution in [0.2, 0.25) is 0 Å². The zero-order chi connectivity index (χ0) is 23.0. The molecule has 0 unspecified atom stereocenters. The fraction of sp³-hybridized carbons (Fsp3) is 0.185. The van der Waals surface area contributed by atoms with Crippen molar-refractivity contribution in [2.45, 2.75) is 26.8 Å². The summed E-state index contributed by atoms with van der Waals surface area (Å²) < 4.78 is 0. The topological polar surface area (TPSA) is 71.0 Å². The van der Waals surface area contributed by atoms with Crippen LogP contribution in [0, 0.1) is 13.8 Å². The van der Waals surface area contributed by atoms with Crippen LogP contribution in [0.3, 0.4) is 0 Å². The summed E-state index contributed by atoms with van der Waals surface area (Å²) in [5.74, 6) is 0.665. The van der Waals surface area contributed by atoms with Gasteiger partial charge in [0.2, 0.25) is 6.41 Å². The van der Waals surface area contributed by atoms with Gasteiger partial charge in [-0.15, -0.1) is 0 Å². The summed E-state index contributed by atoms with van der Waals surface area (Å²) in [6.45, 7) is 5.22. The highest BCUT2D eigenvalue weighted by Gasteiger charge is 2.15. The van der Waals surface area contributed by atoms with Gasteiger partial charge in [0.25, 0.3) is 0 Å². The van der Waals surface area contributed by atoms with Gasteiger partial charge in [0.05, 0.1) is 17.9 Å². The van der Waals surface area contributed by atoms with Gasteiger partial charge in [-0.25, -0.2) is 4.98 Å². The van der Waals surface area contributed by atoms with Gasteiger partial charge >= 0.3 is 0 Å². The summed E-state index contributed by atoms with van der Waals surface area (Å²) in [5.41, 5.74) is 6.96. The first-order valence-electron chi connectivity index (χ1n) is 11.0. The average Bonchev–Trinajstić information content (AvgIpc) is 2.83. The van der Waals surface area contributed by atoms with E-state index < -0.39 is 0 Å². The van der Waals surface area contributed by atoms with Crippen LogP contribution in [0.25, 0.3) is 11.3 Å². The monoisotopic (exact) mass is 437 g/mol. The molecule has 1 N–H and O–H groups in total. The van der Waals surface area contributed by atoms with Crippen molar-refractivity contribution in [3.8, 4) is 11.3 Å². The second kappa shape index (κ2) is 10.5. The molecular formula is C27H27N5O. The summed E-state index contributed by atoms with van der Waals surface area (Å²) in [6, 6.07) is 20.0. The van der Waals surface area contributed by atoms with E-state index in [1.165, 1.54) is 11.1 Å². The van der Waals surface area contributed by atoms with E-state index in [1.54, 1.807) is 23.5 Å². The molecule has 0 atom stereocenters. The van der Waals surface area contributed by atoms with Crippen molar-refractivity contribution in [1.82, 2.24) is 15.0 Å². The Morgan fingerprint density at radius 2 is 1.82 bits per heavy atom. The lowest BCUT2D eigenvalue weighted by molar-refractivity contribution is -0.107. The minimum Gasteiger partial charge on any atom is -0.368 e. The maximum atomic E-state index is 12.0. The third-order valence-corrected chi connectivity index (χ3v) is 5.30. The quantitative estimate of drug-likeness (QED) is 0.374. The highest BCUT2D eigenvalue weighted by atomic mass is 16.1. The van der Waals surface area contributed by atoms with Crippen LogP contribution in [0.15, 0.2) is 79.3 Å². The predicted molar refractivity (Wildman–Crippen MR) is 132 cm³/mol. The van der Waals surface area contributed by atoms with Gasteiger partial charge in [0.1, 0.15) is 0 Å². The minimum absolute atomic E-state index is 0.414. The standard InChI is InChI=1S/C27H27N5O/c1-20-14-21(2)16-23(15-20)25-8-9-26(32(19-33)18-22-6-5-11-28-17-22)27(31-25)30-13-10-24-7-3-4-12-29-24/h3-9,11-12,14-17,19H,10,13,18H2,1-2H3,(H,30,31). The number of rotatable bonds is 9. The zero-order valence-electron chi connectivity index (χ0n) is 18.9. The first kappa shape index (κ1) is 22.1. The zero-order valence-corrected chi connectivity index (χ0v) is 18.9. The smallest absolute Gasteiger partial charge is 0.214 e. The Hall–Kier alpha value is -4.06. The number of pyridine rings is 3. The Kier molecular flexibility index (Phi) is 7.05. The second-order valence-corrected chi connectivity index (χ2v) is 8.03. The van der Waals surface area contributed by atoms with Crippen LogP contribution >= 0.6 is 0 Å². The van der Waals surface area contributed by atoms with E-state index in [2.05, 4.69) is 47.3 Å². The lowest BCUT2D eigenvalue weighted by Crippen LogP contribution is -2.23. The van der Waals surface area contributed by atoms with Gasteiger partial charge in [0, 0.05) is 42.8 Å². The minimum atomic E-state index is 0.414.